The van der Waals surface area contributed by atoms with Crippen LogP contribution in [0.1, 0.15) is 23.1 Å². The summed E-state index contributed by atoms with van der Waals surface area (Å²) in [5, 5.41) is 12.2. The first-order chi connectivity index (χ1) is 15.2. The van der Waals surface area contributed by atoms with Crippen molar-refractivity contribution in [2.45, 2.75) is 19.4 Å². The summed E-state index contributed by atoms with van der Waals surface area (Å²) in [5.74, 6) is -0.307. The maximum absolute atomic E-state index is 13.8. The van der Waals surface area contributed by atoms with Gasteiger partial charge in [-0.3, -0.25) is 4.79 Å². The molecule has 0 aliphatic heterocycles. The molecule has 3 aromatic rings. The molecule has 5 heteroatoms. The van der Waals surface area contributed by atoms with Crippen molar-refractivity contribution in [2.24, 2.45) is 0 Å². The number of hydrogen-bond acceptors (Lipinski definition) is 3. The van der Waals surface area contributed by atoms with Crippen LogP contribution in [0.15, 0.2) is 84.4 Å². The van der Waals surface area contributed by atoms with Gasteiger partial charge in [0, 0.05) is 17.7 Å². The second-order valence-corrected chi connectivity index (χ2v) is 6.93. The van der Waals surface area contributed by atoms with E-state index >= 15 is 0 Å². The van der Waals surface area contributed by atoms with E-state index in [1.54, 1.807) is 42.5 Å². The summed E-state index contributed by atoms with van der Waals surface area (Å²) in [6, 6.07) is 25.4. The fourth-order valence-electron chi connectivity index (χ4n) is 3.04. The van der Waals surface area contributed by atoms with Crippen LogP contribution >= 0.6 is 0 Å². The zero-order valence-electron chi connectivity index (χ0n) is 17.1. The molecule has 1 amide bonds. The number of nitriles is 1. The van der Waals surface area contributed by atoms with Crippen LogP contribution in [0.2, 0.25) is 0 Å². The number of nitrogens with one attached hydrogen (secondary N) is 1. The van der Waals surface area contributed by atoms with Gasteiger partial charge < -0.3 is 10.1 Å². The maximum atomic E-state index is 13.8. The first-order valence-electron chi connectivity index (χ1n) is 10.1. The van der Waals surface area contributed by atoms with Crippen molar-refractivity contribution in [1.82, 2.24) is 5.32 Å². The van der Waals surface area contributed by atoms with Gasteiger partial charge >= 0.3 is 0 Å². The third kappa shape index (κ3) is 6.55. The molecule has 1 N–H and O–H groups in total. The lowest BCUT2D eigenvalue weighted by atomic mass is 10.1. The van der Waals surface area contributed by atoms with Crippen LogP contribution in [0, 0.1) is 17.1 Å². The van der Waals surface area contributed by atoms with Crippen LogP contribution in [-0.4, -0.2) is 12.5 Å². The van der Waals surface area contributed by atoms with Crippen LogP contribution in [0.3, 0.4) is 0 Å². The van der Waals surface area contributed by atoms with E-state index in [0.29, 0.717) is 23.4 Å². The number of hydrogen-bond donors (Lipinski definition) is 1. The molecule has 0 saturated carbocycles. The minimum absolute atomic E-state index is 0.0124. The number of carbonyl (C=O) groups excluding carboxylic acids is 1. The van der Waals surface area contributed by atoms with E-state index in [-0.39, 0.29) is 18.0 Å². The number of carbonyl (C=O) groups is 1. The number of benzene rings is 3. The highest BCUT2D eigenvalue weighted by molar-refractivity contribution is 6.01. The van der Waals surface area contributed by atoms with Crippen LogP contribution in [-0.2, 0) is 17.8 Å². The summed E-state index contributed by atoms with van der Waals surface area (Å²) < 4.78 is 19.6. The minimum Gasteiger partial charge on any atom is -0.488 e. The first-order valence-corrected chi connectivity index (χ1v) is 10.1. The highest BCUT2D eigenvalue weighted by atomic mass is 19.1. The Morgan fingerprint density at radius 1 is 1.00 bits per heavy atom. The topological polar surface area (TPSA) is 62.1 Å². The highest BCUT2D eigenvalue weighted by Gasteiger charge is 2.11. The van der Waals surface area contributed by atoms with Crippen molar-refractivity contribution in [3.63, 3.8) is 0 Å². The third-order valence-corrected chi connectivity index (χ3v) is 4.70. The monoisotopic (exact) mass is 414 g/mol. The van der Waals surface area contributed by atoms with Gasteiger partial charge in [0.15, 0.2) is 0 Å². The molecule has 156 valence electrons. The normalized spacial score (nSPS) is 10.9. The second-order valence-electron chi connectivity index (χ2n) is 6.93. The van der Waals surface area contributed by atoms with Crippen molar-refractivity contribution < 1.29 is 13.9 Å². The lowest BCUT2D eigenvalue weighted by Gasteiger charge is -2.10. The van der Waals surface area contributed by atoms with Crippen molar-refractivity contribution >= 4 is 12.0 Å². The minimum atomic E-state index is -0.431. The molecule has 31 heavy (non-hydrogen) atoms. The molecule has 0 spiro atoms. The fraction of sp³-hybridized carbons (Fsp3) is 0.154. The number of nitrogens with zero attached hydrogens (tertiary/aromatic N) is 1. The number of amides is 1. The summed E-state index contributed by atoms with van der Waals surface area (Å²) in [5.41, 5.74) is 2.20. The lowest BCUT2D eigenvalue weighted by Crippen LogP contribution is -2.25. The summed E-state index contributed by atoms with van der Waals surface area (Å²) in [6.45, 7) is 0.517. The molecule has 0 saturated heterocycles. The van der Waals surface area contributed by atoms with Crippen LogP contribution in [0.4, 0.5) is 4.39 Å². The van der Waals surface area contributed by atoms with Crippen molar-refractivity contribution in [3.8, 4) is 11.8 Å². The Bertz CT molecular complexity index is 1090. The smallest absolute Gasteiger partial charge is 0.261 e. The number of ether oxygens (including phenoxy) is 1. The van der Waals surface area contributed by atoms with Crippen molar-refractivity contribution in [1.29, 1.82) is 5.26 Å². The zero-order valence-corrected chi connectivity index (χ0v) is 17.1. The Labute approximate surface area is 181 Å². The van der Waals surface area contributed by atoms with Crippen molar-refractivity contribution in [2.75, 3.05) is 6.54 Å². The highest BCUT2D eigenvalue weighted by Crippen LogP contribution is 2.22. The van der Waals surface area contributed by atoms with E-state index in [0.717, 1.165) is 12.8 Å². The Hall–Kier alpha value is -3.91. The molecule has 0 aliphatic rings. The van der Waals surface area contributed by atoms with Crippen LogP contribution in [0.25, 0.3) is 6.08 Å². The predicted octanol–water partition coefficient (Wildman–Crippen LogP) is 5.06. The van der Waals surface area contributed by atoms with Gasteiger partial charge in [0.25, 0.3) is 5.91 Å². The van der Waals surface area contributed by atoms with E-state index in [4.69, 9.17) is 4.74 Å². The quantitative estimate of drug-likeness (QED) is 0.302. The van der Waals surface area contributed by atoms with E-state index in [2.05, 4.69) is 5.32 Å². The van der Waals surface area contributed by atoms with E-state index in [9.17, 15) is 14.4 Å². The van der Waals surface area contributed by atoms with Gasteiger partial charge in [-0.1, -0.05) is 66.7 Å². The summed E-state index contributed by atoms with van der Waals surface area (Å²) >= 11 is 0. The first kappa shape index (κ1) is 21.8. The Morgan fingerprint density at radius 2 is 1.71 bits per heavy atom. The molecule has 0 radical (unpaired) electrons. The summed E-state index contributed by atoms with van der Waals surface area (Å²) in [7, 11) is 0. The van der Waals surface area contributed by atoms with Gasteiger partial charge in [0.05, 0.1) is 0 Å². The van der Waals surface area contributed by atoms with Crippen LogP contribution in [0.5, 0.6) is 5.75 Å². The van der Waals surface area contributed by atoms with Crippen LogP contribution < -0.4 is 10.1 Å². The zero-order chi connectivity index (χ0) is 21.9. The lowest BCUT2D eigenvalue weighted by molar-refractivity contribution is -0.117. The molecule has 0 atom stereocenters. The molecule has 3 aromatic carbocycles. The average molecular weight is 414 g/mol. The molecular formula is C26H23FN2O2. The molecule has 0 aliphatic carbocycles. The largest absolute Gasteiger partial charge is 0.488 e. The molecule has 0 fully saturated rings. The van der Waals surface area contributed by atoms with Gasteiger partial charge in [-0.2, -0.15) is 5.26 Å². The average Bonchev–Trinajstić information content (AvgIpc) is 2.81. The molecule has 0 heterocycles. The van der Waals surface area contributed by atoms with E-state index < -0.39 is 5.91 Å². The number of halogens is 1. The Balaban J connectivity index is 1.61. The number of para-hydroxylation sites is 1. The van der Waals surface area contributed by atoms with Gasteiger partial charge in [-0.15, -0.1) is 0 Å². The summed E-state index contributed by atoms with van der Waals surface area (Å²) in [6.07, 6.45) is 3.11. The number of rotatable bonds is 9. The molecule has 0 aromatic heterocycles. The fourth-order valence-corrected chi connectivity index (χ4v) is 3.04. The predicted molar refractivity (Wildman–Crippen MR) is 119 cm³/mol. The van der Waals surface area contributed by atoms with Gasteiger partial charge in [0.1, 0.15) is 29.8 Å². The Kier molecular flexibility index (Phi) is 7.96. The molecule has 4 nitrogen and oxygen atoms in total. The summed E-state index contributed by atoms with van der Waals surface area (Å²) in [4.78, 5) is 12.4. The molecule has 3 rings (SSSR count). The van der Waals surface area contributed by atoms with Gasteiger partial charge in [0.2, 0.25) is 0 Å². The molecule has 0 bridgehead atoms. The van der Waals surface area contributed by atoms with E-state index in [1.807, 2.05) is 36.4 Å². The SMILES string of the molecule is N#C/C(=C/c1ccccc1OCc1ccccc1F)C(=O)NCCCc1ccccc1. The number of aryl methyl sites for hydroxylation is 1. The standard InChI is InChI=1S/C26H23FN2O2/c27-24-14-6-4-13-22(24)19-31-25-15-7-5-12-21(25)17-23(18-28)26(30)29-16-8-11-20-9-2-1-3-10-20/h1-7,9-10,12-15,17H,8,11,16,19H2,(H,29,30)/b23-17-. The van der Waals surface area contributed by atoms with Gasteiger partial charge in [-0.25, -0.2) is 4.39 Å². The molecular weight excluding hydrogens is 391 g/mol. The van der Waals surface area contributed by atoms with E-state index in [1.165, 1.54) is 17.7 Å². The van der Waals surface area contributed by atoms with Gasteiger partial charge in [-0.05, 0) is 36.6 Å². The molecule has 0 unspecified atom stereocenters. The third-order valence-electron chi connectivity index (χ3n) is 4.70. The van der Waals surface area contributed by atoms with Crippen molar-refractivity contribution in [3.05, 3.63) is 107 Å². The maximum Gasteiger partial charge on any atom is 0.261 e. The second kappa shape index (κ2) is 11.3. The Morgan fingerprint density at radius 3 is 2.48 bits per heavy atom.